The molecule has 4 aromatic carbocycles. The number of hydrogen-bond donors (Lipinski definition) is 0. The maximum absolute atomic E-state index is 2.58. The smallest absolute Gasteiger partial charge is 0.00207 e. The van der Waals surface area contributed by atoms with Crippen LogP contribution in [0.4, 0.5) is 0 Å². The van der Waals surface area contributed by atoms with E-state index in [0.717, 1.165) is 0 Å². The lowest BCUT2D eigenvalue weighted by molar-refractivity contribution is 0.653. The van der Waals surface area contributed by atoms with E-state index in [0.29, 0.717) is 0 Å². The molecule has 0 saturated carbocycles. The molecule has 0 aromatic heterocycles. The van der Waals surface area contributed by atoms with Crippen molar-refractivity contribution in [2.45, 2.75) is 170 Å². The van der Waals surface area contributed by atoms with E-state index in [1.54, 1.807) is 54.6 Å². The fourth-order valence-electron chi connectivity index (χ4n) is 7.77. The van der Waals surface area contributed by atoms with Gasteiger partial charge in [-0.2, -0.15) is 0 Å². The summed E-state index contributed by atoms with van der Waals surface area (Å²) < 4.78 is 0. The summed E-state index contributed by atoms with van der Waals surface area (Å²) >= 11 is 0. The summed E-state index contributed by atoms with van der Waals surface area (Å²) in [6.45, 7) is 14.1. The Morgan fingerprint density at radius 2 is 0.571 bits per heavy atom. The van der Waals surface area contributed by atoms with Crippen LogP contribution in [0.5, 0.6) is 0 Å². The average molecular weight is 567 g/mol. The number of benzene rings is 4. The van der Waals surface area contributed by atoms with Gasteiger partial charge >= 0.3 is 0 Å². The molecule has 0 heterocycles. The van der Waals surface area contributed by atoms with Crippen molar-refractivity contribution in [2.24, 2.45) is 0 Å². The number of hydrogen-bond acceptors (Lipinski definition) is 0. The lowest BCUT2D eigenvalue weighted by atomic mass is 9.78. The molecule has 0 N–H and O–H groups in total. The first-order valence-corrected chi connectivity index (χ1v) is 18.3. The van der Waals surface area contributed by atoms with Crippen LogP contribution in [0.2, 0.25) is 0 Å². The Morgan fingerprint density at radius 3 is 0.786 bits per heavy atom. The molecule has 42 heavy (non-hydrogen) atoms. The highest BCUT2D eigenvalue weighted by Gasteiger charge is 2.23. The molecule has 0 aliphatic carbocycles. The van der Waals surface area contributed by atoms with Crippen LogP contribution in [0.15, 0.2) is 24.3 Å². The van der Waals surface area contributed by atoms with Gasteiger partial charge in [-0.15, -0.1) is 0 Å². The van der Waals surface area contributed by atoms with E-state index in [4.69, 9.17) is 0 Å². The number of rotatable bonds is 20. The van der Waals surface area contributed by atoms with Crippen LogP contribution >= 0.6 is 0 Å². The first-order valence-electron chi connectivity index (χ1n) is 18.3. The molecule has 0 aliphatic heterocycles. The fourth-order valence-corrected chi connectivity index (χ4v) is 7.77. The Labute approximate surface area is 259 Å². The van der Waals surface area contributed by atoms with Crippen molar-refractivity contribution in [3.63, 3.8) is 0 Å². The molecule has 0 bridgehead atoms. The number of unbranched alkanes of at least 4 members (excludes halogenated alkanes) is 12. The standard InChI is InChI=1S/C42H62/c1-7-11-15-19-23-33-34(24-20-16-12-8-2)38-28-32(6)30-40-36(26-22-18-14-10-4)35(25-21-17-13-9-3)39-29-31(5)27-37(33)41(39)42(38)40/h27-30H,7-26H2,1-6H3. The van der Waals surface area contributed by atoms with Crippen LogP contribution in [-0.2, 0) is 25.7 Å². The first kappa shape index (κ1) is 32.8. The molecule has 0 radical (unpaired) electrons. The molecule has 0 spiro atoms. The molecule has 0 saturated heterocycles. The van der Waals surface area contributed by atoms with E-state index in [1.165, 1.54) is 140 Å². The molecule has 0 fully saturated rings. The van der Waals surface area contributed by atoms with Crippen molar-refractivity contribution in [3.05, 3.63) is 57.6 Å². The van der Waals surface area contributed by atoms with E-state index >= 15 is 0 Å². The topological polar surface area (TPSA) is 0 Å². The lowest BCUT2D eigenvalue weighted by Crippen LogP contribution is -2.06. The summed E-state index contributed by atoms with van der Waals surface area (Å²) in [5.74, 6) is 0. The Kier molecular flexibility index (Phi) is 13.0. The van der Waals surface area contributed by atoms with E-state index in [-0.39, 0.29) is 0 Å². The summed E-state index contributed by atoms with van der Waals surface area (Å²) in [6, 6.07) is 10.3. The molecule has 0 heteroatoms. The first-order chi connectivity index (χ1) is 20.5. The molecule has 0 nitrogen and oxygen atoms in total. The molecule has 230 valence electrons. The Bertz CT molecular complexity index is 1180. The van der Waals surface area contributed by atoms with Gasteiger partial charge < -0.3 is 0 Å². The van der Waals surface area contributed by atoms with Gasteiger partial charge in [0.2, 0.25) is 0 Å². The Morgan fingerprint density at radius 1 is 0.333 bits per heavy atom. The Hall–Kier alpha value is -2.08. The minimum Gasteiger partial charge on any atom is -0.0654 e. The third kappa shape index (κ3) is 7.70. The monoisotopic (exact) mass is 566 g/mol. The molecular weight excluding hydrogens is 504 g/mol. The molecule has 4 aromatic rings. The van der Waals surface area contributed by atoms with Gasteiger partial charge in [0.05, 0.1) is 0 Å². The Balaban J connectivity index is 2.01. The second-order valence-electron chi connectivity index (χ2n) is 13.6. The van der Waals surface area contributed by atoms with Crippen molar-refractivity contribution >= 4 is 32.3 Å². The highest BCUT2D eigenvalue weighted by Crippen LogP contribution is 2.45. The summed E-state index contributed by atoms with van der Waals surface area (Å²) in [6.07, 6.45) is 26.3. The highest BCUT2D eigenvalue weighted by atomic mass is 14.3. The molecule has 0 amide bonds. The van der Waals surface area contributed by atoms with Crippen molar-refractivity contribution in [2.75, 3.05) is 0 Å². The maximum Gasteiger partial charge on any atom is -0.00207 e. The van der Waals surface area contributed by atoms with Crippen molar-refractivity contribution in [1.29, 1.82) is 0 Å². The van der Waals surface area contributed by atoms with Crippen LogP contribution in [0.25, 0.3) is 32.3 Å². The van der Waals surface area contributed by atoms with Gasteiger partial charge in [-0.1, -0.05) is 129 Å². The van der Waals surface area contributed by atoms with Crippen molar-refractivity contribution in [3.8, 4) is 0 Å². The van der Waals surface area contributed by atoms with Crippen molar-refractivity contribution in [1.82, 2.24) is 0 Å². The van der Waals surface area contributed by atoms with Crippen molar-refractivity contribution < 1.29 is 0 Å². The van der Waals surface area contributed by atoms with Gasteiger partial charge in [0.15, 0.2) is 0 Å². The quantitative estimate of drug-likeness (QED) is 0.0737. The predicted molar refractivity (Wildman–Crippen MR) is 191 cm³/mol. The van der Waals surface area contributed by atoms with Crippen LogP contribution in [0.1, 0.15) is 164 Å². The summed E-state index contributed by atoms with van der Waals surface area (Å²) in [5, 5.41) is 9.61. The summed E-state index contributed by atoms with van der Waals surface area (Å²) in [5.41, 5.74) is 9.70. The minimum atomic E-state index is 1.24. The molecular formula is C42H62. The molecule has 0 aliphatic rings. The van der Waals surface area contributed by atoms with E-state index in [1.807, 2.05) is 0 Å². The van der Waals surface area contributed by atoms with Crippen LogP contribution in [-0.4, -0.2) is 0 Å². The highest BCUT2D eigenvalue weighted by molar-refractivity contribution is 6.26. The second kappa shape index (κ2) is 16.7. The summed E-state index contributed by atoms with van der Waals surface area (Å²) in [7, 11) is 0. The van der Waals surface area contributed by atoms with Gasteiger partial charge in [0, 0.05) is 0 Å². The largest absolute Gasteiger partial charge is 0.0654 e. The van der Waals surface area contributed by atoms with E-state index in [2.05, 4.69) is 65.8 Å². The van der Waals surface area contributed by atoms with Gasteiger partial charge in [-0.25, -0.2) is 0 Å². The van der Waals surface area contributed by atoms with E-state index in [9.17, 15) is 0 Å². The van der Waals surface area contributed by atoms with Gasteiger partial charge in [-0.3, -0.25) is 0 Å². The zero-order chi connectivity index (χ0) is 29.9. The SMILES string of the molecule is CCCCCCc1c(CCCCCC)c2cc(C)cc3c(CCCCCC)c(CCCCCC)c4cc(C)cc1c4c23. The third-order valence-corrected chi connectivity index (χ3v) is 9.97. The predicted octanol–water partition coefficient (Wildman–Crippen LogP) is 13.7. The van der Waals surface area contributed by atoms with Gasteiger partial charge in [-0.05, 0) is 131 Å². The molecule has 0 unspecified atom stereocenters. The van der Waals surface area contributed by atoms with Crippen LogP contribution < -0.4 is 0 Å². The van der Waals surface area contributed by atoms with E-state index < -0.39 is 0 Å². The van der Waals surface area contributed by atoms with Gasteiger partial charge in [0.1, 0.15) is 0 Å². The average Bonchev–Trinajstić information content (AvgIpc) is 2.98. The van der Waals surface area contributed by atoms with Crippen LogP contribution in [0, 0.1) is 13.8 Å². The third-order valence-electron chi connectivity index (χ3n) is 9.97. The fraction of sp³-hybridized carbons (Fsp3) is 0.619. The minimum absolute atomic E-state index is 1.24. The zero-order valence-electron chi connectivity index (χ0n) is 28.5. The normalized spacial score (nSPS) is 12.0. The summed E-state index contributed by atoms with van der Waals surface area (Å²) in [4.78, 5) is 0. The molecule has 4 rings (SSSR count). The van der Waals surface area contributed by atoms with Gasteiger partial charge in [0.25, 0.3) is 0 Å². The van der Waals surface area contributed by atoms with Crippen LogP contribution in [0.3, 0.4) is 0 Å². The molecule has 0 atom stereocenters. The maximum atomic E-state index is 2.58. The lowest BCUT2D eigenvalue weighted by Gasteiger charge is -2.26. The zero-order valence-corrected chi connectivity index (χ0v) is 28.5. The number of aryl methyl sites for hydroxylation is 6. The second-order valence-corrected chi connectivity index (χ2v) is 13.6.